The lowest BCUT2D eigenvalue weighted by atomic mass is 10.1. The highest BCUT2D eigenvalue weighted by Gasteiger charge is 2.09. The van der Waals surface area contributed by atoms with Crippen LogP contribution in [0.2, 0.25) is 5.02 Å². The fourth-order valence-corrected chi connectivity index (χ4v) is 2.05. The molecule has 1 heterocycles. The molecule has 0 amide bonds. The largest absolute Gasteiger partial charge is 0.478 e. The van der Waals surface area contributed by atoms with Gasteiger partial charge in [0, 0.05) is 10.7 Å². The molecule has 0 radical (unpaired) electrons. The fourth-order valence-electron chi connectivity index (χ4n) is 1.80. The zero-order valence-corrected chi connectivity index (χ0v) is 10.9. The van der Waals surface area contributed by atoms with E-state index in [0.29, 0.717) is 11.6 Å². The van der Waals surface area contributed by atoms with Gasteiger partial charge in [0.15, 0.2) is 0 Å². The molecule has 4 nitrogen and oxygen atoms in total. The summed E-state index contributed by atoms with van der Waals surface area (Å²) in [4.78, 5) is 10.8. The highest BCUT2D eigenvalue weighted by molar-refractivity contribution is 6.31. The molecule has 2 rings (SSSR count). The quantitative estimate of drug-likeness (QED) is 0.927. The number of aromatic carboxylic acids is 1. The Morgan fingerprint density at radius 2 is 2.11 bits per heavy atom. The van der Waals surface area contributed by atoms with E-state index in [1.54, 1.807) is 12.1 Å². The Hall–Kier alpha value is -1.81. The van der Waals surface area contributed by atoms with Gasteiger partial charge in [-0.3, -0.25) is 4.68 Å². The van der Waals surface area contributed by atoms with Gasteiger partial charge in [-0.2, -0.15) is 5.10 Å². The van der Waals surface area contributed by atoms with E-state index in [-0.39, 0.29) is 5.56 Å². The van der Waals surface area contributed by atoms with Crippen molar-refractivity contribution < 1.29 is 9.90 Å². The Labute approximate surface area is 110 Å². The van der Waals surface area contributed by atoms with E-state index >= 15 is 0 Å². The first-order valence-corrected chi connectivity index (χ1v) is 5.88. The first kappa shape index (κ1) is 12.6. The molecule has 0 bridgehead atoms. The van der Waals surface area contributed by atoms with Crippen molar-refractivity contribution in [3.05, 3.63) is 51.8 Å². The van der Waals surface area contributed by atoms with Crippen LogP contribution in [0.25, 0.3) is 0 Å². The average molecular weight is 265 g/mol. The van der Waals surface area contributed by atoms with Crippen molar-refractivity contribution in [2.75, 3.05) is 0 Å². The Balaban J connectivity index is 2.30. The lowest BCUT2D eigenvalue weighted by Crippen LogP contribution is -2.05. The molecule has 1 N–H and O–H groups in total. The van der Waals surface area contributed by atoms with E-state index < -0.39 is 5.97 Å². The van der Waals surface area contributed by atoms with Gasteiger partial charge in [0.25, 0.3) is 0 Å². The predicted octanol–water partition coefficient (Wildman–Crippen LogP) is 2.90. The molecule has 0 fully saturated rings. The van der Waals surface area contributed by atoms with Crippen molar-refractivity contribution in [3.8, 4) is 0 Å². The molecule has 0 atom stereocenters. The van der Waals surface area contributed by atoms with Crippen molar-refractivity contribution in [3.63, 3.8) is 0 Å². The molecular formula is C13H13ClN2O2. The van der Waals surface area contributed by atoms with Crippen LogP contribution < -0.4 is 0 Å². The maximum atomic E-state index is 10.8. The second-order valence-electron chi connectivity index (χ2n) is 4.20. The van der Waals surface area contributed by atoms with Gasteiger partial charge in [-0.1, -0.05) is 17.7 Å². The predicted molar refractivity (Wildman–Crippen MR) is 69.2 cm³/mol. The number of benzene rings is 1. The number of rotatable bonds is 3. The van der Waals surface area contributed by atoms with E-state index in [1.807, 2.05) is 24.6 Å². The fraction of sp³-hybridized carbons (Fsp3) is 0.231. The highest BCUT2D eigenvalue weighted by atomic mass is 35.5. The van der Waals surface area contributed by atoms with Gasteiger partial charge < -0.3 is 5.11 Å². The smallest absolute Gasteiger partial charge is 0.335 e. The van der Waals surface area contributed by atoms with Gasteiger partial charge in [-0.05, 0) is 37.6 Å². The first-order chi connectivity index (χ1) is 8.47. The molecule has 0 aliphatic carbocycles. The molecule has 0 aliphatic rings. The number of carboxylic acids is 1. The molecule has 5 heteroatoms. The molecule has 0 saturated carbocycles. The van der Waals surface area contributed by atoms with Crippen LogP contribution >= 0.6 is 11.6 Å². The summed E-state index contributed by atoms with van der Waals surface area (Å²) in [6.07, 6.45) is 0. The summed E-state index contributed by atoms with van der Waals surface area (Å²) in [5.74, 6) is -0.977. The molecule has 18 heavy (non-hydrogen) atoms. The Morgan fingerprint density at radius 3 is 2.61 bits per heavy atom. The minimum atomic E-state index is -0.977. The third-order valence-electron chi connectivity index (χ3n) is 2.72. The van der Waals surface area contributed by atoms with Gasteiger partial charge in [0.2, 0.25) is 0 Å². The van der Waals surface area contributed by atoms with Gasteiger partial charge in [-0.25, -0.2) is 4.79 Å². The Bertz CT molecular complexity index is 605. The van der Waals surface area contributed by atoms with Crippen molar-refractivity contribution >= 4 is 17.6 Å². The minimum absolute atomic E-state index is 0.192. The van der Waals surface area contributed by atoms with Crippen LogP contribution in [-0.4, -0.2) is 20.9 Å². The van der Waals surface area contributed by atoms with E-state index in [2.05, 4.69) is 5.10 Å². The summed E-state index contributed by atoms with van der Waals surface area (Å²) in [5.41, 5.74) is 3.04. The third kappa shape index (κ3) is 2.54. The molecule has 0 aliphatic heterocycles. The summed E-state index contributed by atoms with van der Waals surface area (Å²) >= 11 is 6.08. The lowest BCUT2D eigenvalue weighted by Gasteiger charge is -2.07. The number of nitrogens with zero attached hydrogens (tertiary/aromatic N) is 2. The molecular weight excluding hydrogens is 252 g/mol. The maximum absolute atomic E-state index is 10.8. The molecule has 1 aromatic heterocycles. The zero-order valence-electron chi connectivity index (χ0n) is 10.1. The summed E-state index contributed by atoms with van der Waals surface area (Å²) in [6.45, 7) is 4.44. The number of hydrogen-bond donors (Lipinski definition) is 1. The highest BCUT2D eigenvalue weighted by Crippen LogP contribution is 2.19. The SMILES string of the molecule is Cc1cc(C)n(Cc2ccc(C(=O)O)cc2Cl)n1. The van der Waals surface area contributed by atoms with Crippen LogP contribution in [0.5, 0.6) is 0 Å². The van der Waals surface area contributed by atoms with E-state index in [1.165, 1.54) is 6.07 Å². The monoisotopic (exact) mass is 264 g/mol. The zero-order chi connectivity index (χ0) is 13.3. The number of carbonyl (C=O) groups is 1. The van der Waals surface area contributed by atoms with Crippen LogP contribution in [0.4, 0.5) is 0 Å². The van der Waals surface area contributed by atoms with Crippen molar-refractivity contribution in [1.82, 2.24) is 9.78 Å². The van der Waals surface area contributed by atoms with Gasteiger partial charge in [0.1, 0.15) is 0 Å². The van der Waals surface area contributed by atoms with E-state index in [0.717, 1.165) is 17.0 Å². The molecule has 0 unspecified atom stereocenters. The van der Waals surface area contributed by atoms with Crippen LogP contribution in [0, 0.1) is 13.8 Å². The van der Waals surface area contributed by atoms with Crippen LogP contribution in [0.1, 0.15) is 27.3 Å². The average Bonchev–Trinajstić information content (AvgIpc) is 2.60. The van der Waals surface area contributed by atoms with Crippen LogP contribution in [0.15, 0.2) is 24.3 Å². The van der Waals surface area contributed by atoms with Gasteiger partial charge >= 0.3 is 5.97 Å². The third-order valence-corrected chi connectivity index (χ3v) is 3.08. The Kier molecular flexibility index (Phi) is 3.39. The van der Waals surface area contributed by atoms with Crippen molar-refractivity contribution in [2.45, 2.75) is 20.4 Å². The van der Waals surface area contributed by atoms with Crippen LogP contribution in [0.3, 0.4) is 0 Å². The molecule has 0 spiro atoms. The molecule has 0 saturated heterocycles. The summed E-state index contributed by atoms with van der Waals surface area (Å²) < 4.78 is 1.84. The van der Waals surface area contributed by atoms with E-state index in [9.17, 15) is 4.79 Å². The second kappa shape index (κ2) is 4.82. The van der Waals surface area contributed by atoms with Gasteiger partial charge in [-0.15, -0.1) is 0 Å². The number of halogens is 1. The summed E-state index contributed by atoms with van der Waals surface area (Å²) in [7, 11) is 0. The first-order valence-electron chi connectivity index (χ1n) is 5.50. The number of hydrogen-bond acceptors (Lipinski definition) is 2. The number of carboxylic acid groups (broad SMARTS) is 1. The Morgan fingerprint density at radius 1 is 1.39 bits per heavy atom. The number of aryl methyl sites for hydroxylation is 2. The standard InChI is InChI=1S/C13H13ClN2O2/c1-8-5-9(2)16(15-8)7-11-4-3-10(13(17)18)6-12(11)14/h3-6H,7H2,1-2H3,(H,17,18). The maximum Gasteiger partial charge on any atom is 0.335 e. The molecule has 2 aromatic rings. The summed E-state index contributed by atoms with van der Waals surface area (Å²) in [5, 5.41) is 13.7. The van der Waals surface area contributed by atoms with E-state index in [4.69, 9.17) is 16.7 Å². The van der Waals surface area contributed by atoms with Crippen LogP contribution in [-0.2, 0) is 6.54 Å². The topological polar surface area (TPSA) is 55.1 Å². The van der Waals surface area contributed by atoms with Crippen molar-refractivity contribution in [2.24, 2.45) is 0 Å². The molecule has 94 valence electrons. The normalized spacial score (nSPS) is 10.6. The number of aromatic nitrogens is 2. The molecule has 1 aromatic carbocycles. The van der Waals surface area contributed by atoms with Crippen molar-refractivity contribution in [1.29, 1.82) is 0 Å². The lowest BCUT2D eigenvalue weighted by molar-refractivity contribution is 0.0697. The minimum Gasteiger partial charge on any atom is -0.478 e. The summed E-state index contributed by atoms with van der Waals surface area (Å²) in [6, 6.07) is 6.72. The van der Waals surface area contributed by atoms with Gasteiger partial charge in [0.05, 0.1) is 17.8 Å². The second-order valence-corrected chi connectivity index (χ2v) is 4.60.